The highest BCUT2D eigenvalue weighted by molar-refractivity contribution is 6.21. The van der Waals surface area contributed by atoms with Crippen molar-refractivity contribution in [3.05, 3.63) is 95.0 Å². The van der Waals surface area contributed by atoms with Crippen LogP contribution in [0.4, 0.5) is 9.18 Å². The lowest BCUT2D eigenvalue weighted by molar-refractivity contribution is 0.0603. The summed E-state index contributed by atoms with van der Waals surface area (Å²) >= 11 is 0. The lowest BCUT2D eigenvalue weighted by Gasteiger charge is -2.11. The zero-order chi connectivity index (χ0) is 27.1. The number of imidazole rings is 1. The summed E-state index contributed by atoms with van der Waals surface area (Å²) in [6.07, 6.45) is 4.68. The number of ether oxygens (including phenoxy) is 1. The Kier molecular flexibility index (Phi) is 6.23. The first-order valence-corrected chi connectivity index (χ1v) is 11.7. The van der Waals surface area contributed by atoms with E-state index in [2.05, 4.69) is 9.97 Å². The maximum absolute atomic E-state index is 15.3. The van der Waals surface area contributed by atoms with Gasteiger partial charge in [-0.15, -0.1) is 0 Å². The van der Waals surface area contributed by atoms with Gasteiger partial charge in [0.15, 0.2) is 5.78 Å². The van der Waals surface area contributed by atoms with Crippen LogP contribution in [0.1, 0.15) is 37.7 Å². The number of carbonyl (C=O) groups is 3. The number of benzene rings is 2. The Morgan fingerprint density at radius 2 is 1.84 bits per heavy atom. The molecular weight excluding hydrogens is 489 g/mol. The zero-order valence-corrected chi connectivity index (χ0v) is 21.2. The van der Waals surface area contributed by atoms with Crippen molar-refractivity contribution in [1.29, 1.82) is 0 Å². The Hall–Kier alpha value is -4.86. The summed E-state index contributed by atoms with van der Waals surface area (Å²) < 4.78 is 23.4. The molecule has 0 N–H and O–H groups in total. The van der Waals surface area contributed by atoms with E-state index in [0.717, 1.165) is 5.52 Å². The van der Waals surface area contributed by atoms with Crippen LogP contribution in [0.2, 0.25) is 0 Å². The highest BCUT2D eigenvalue weighted by Gasteiger charge is 2.25. The number of esters is 1. The lowest BCUT2D eigenvalue weighted by Crippen LogP contribution is -2.26. The molecule has 3 aromatic heterocycles. The highest BCUT2D eigenvalue weighted by Crippen LogP contribution is 2.29. The maximum atomic E-state index is 15.3. The van der Waals surface area contributed by atoms with Gasteiger partial charge < -0.3 is 14.2 Å². The molecule has 0 bridgehead atoms. The summed E-state index contributed by atoms with van der Waals surface area (Å²) in [6, 6.07) is 10.4. The first-order chi connectivity index (χ1) is 18.2. The van der Waals surface area contributed by atoms with Crippen molar-refractivity contribution >= 4 is 39.7 Å². The van der Waals surface area contributed by atoms with Crippen molar-refractivity contribution in [2.75, 3.05) is 21.2 Å². The number of methoxy groups -OCH3 is 1. The minimum absolute atomic E-state index is 0.0821. The molecule has 0 aliphatic rings. The summed E-state index contributed by atoms with van der Waals surface area (Å²) in [5.74, 6) is -1.04. The van der Waals surface area contributed by atoms with Gasteiger partial charge in [-0.3, -0.25) is 14.3 Å². The lowest BCUT2D eigenvalue weighted by atomic mass is 9.98. The molecule has 0 aliphatic carbocycles. The predicted octanol–water partition coefficient (Wildman–Crippen LogP) is 4.43. The number of fused-ring (bicyclic) bond motifs is 2. The monoisotopic (exact) mass is 513 g/mol. The first-order valence-electron chi connectivity index (χ1n) is 11.7. The van der Waals surface area contributed by atoms with Crippen LogP contribution in [0, 0.1) is 12.7 Å². The van der Waals surface area contributed by atoms with Crippen LogP contribution in [0.5, 0.6) is 0 Å². The summed E-state index contributed by atoms with van der Waals surface area (Å²) in [5, 5.41) is 0.262. The molecule has 0 aliphatic heterocycles. The fourth-order valence-electron chi connectivity index (χ4n) is 4.56. The van der Waals surface area contributed by atoms with Crippen LogP contribution in [-0.2, 0) is 11.3 Å². The Morgan fingerprint density at radius 1 is 1.05 bits per heavy atom. The van der Waals surface area contributed by atoms with Crippen LogP contribution in [0.3, 0.4) is 0 Å². The third-order valence-corrected chi connectivity index (χ3v) is 6.45. The number of hydrogen-bond donors (Lipinski definition) is 0. The number of ketones is 1. The third-order valence-electron chi connectivity index (χ3n) is 6.45. The molecule has 10 heteroatoms. The van der Waals surface area contributed by atoms with E-state index in [-0.39, 0.29) is 28.6 Å². The van der Waals surface area contributed by atoms with Gasteiger partial charge in [0.2, 0.25) is 0 Å². The Morgan fingerprint density at radius 3 is 2.55 bits per heavy atom. The average molecular weight is 514 g/mol. The van der Waals surface area contributed by atoms with Crippen LogP contribution in [0.15, 0.2) is 61.1 Å². The van der Waals surface area contributed by atoms with Crippen molar-refractivity contribution in [2.24, 2.45) is 0 Å². The summed E-state index contributed by atoms with van der Waals surface area (Å²) in [5.41, 5.74) is 2.58. The zero-order valence-electron chi connectivity index (χ0n) is 21.2. The molecule has 5 rings (SSSR count). The van der Waals surface area contributed by atoms with Crippen molar-refractivity contribution in [1.82, 2.24) is 24.0 Å². The maximum Gasteiger partial charge on any atom is 0.338 e. The molecule has 2 aromatic carbocycles. The SMILES string of the molecule is COC(=O)c1cccc2c1c(C(=O)c1ccc(Cn3c(C)nc4cnccc43)c(F)c1)cn2C(=O)N(C)C. The predicted molar refractivity (Wildman–Crippen MR) is 139 cm³/mol. The van der Waals surface area contributed by atoms with Crippen molar-refractivity contribution in [3.8, 4) is 0 Å². The van der Waals surface area contributed by atoms with E-state index in [1.54, 1.807) is 44.7 Å². The third kappa shape index (κ3) is 4.09. The molecule has 192 valence electrons. The smallest absolute Gasteiger partial charge is 0.338 e. The van der Waals surface area contributed by atoms with Crippen molar-refractivity contribution in [3.63, 3.8) is 0 Å². The van der Waals surface area contributed by atoms with Gasteiger partial charge in [0, 0.05) is 48.6 Å². The highest BCUT2D eigenvalue weighted by atomic mass is 19.1. The molecule has 38 heavy (non-hydrogen) atoms. The number of aryl methyl sites for hydroxylation is 1. The Bertz CT molecular complexity index is 1750. The van der Waals surface area contributed by atoms with Crippen LogP contribution >= 0.6 is 0 Å². The van der Waals surface area contributed by atoms with Gasteiger partial charge in [-0.25, -0.2) is 19.0 Å². The van der Waals surface area contributed by atoms with E-state index >= 15 is 4.39 Å². The van der Waals surface area contributed by atoms with Gasteiger partial charge in [0.1, 0.15) is 17.2 Å². The molecule has 5 aromatic rings. The van der Waals surface area contributed by atoms with Crippen LogP contribution < -0.4 is 0 Å². The number of aromatic nitrogens is 4. The second-order valence-electron chi connectivity index (χ2n) is 9.03. The first kappa shape index (κ1) is 24.8. The molecule has 3 heterocycles. The quantitative estimate of drug-likeness (QED) is 0.255. The second kappa shape index (κ2) is 9.55. The van der Waals surface area contributed by atoms with Gasteiger partial charge in [0.05, 0.1) is 36.4 Å². The van der Waals surface area contributed by atoms with Gasteiger partial charge in [-0.1, -0.05) is 18.2 Å². The number of carbonyl (C=O) groups excluding carboxylic acids is 3. The summed E-state index contributed by atoms with van der Waals surface area (Å²) in [7, 11) is 4.39. The van der Waals surface area contributed by atoms with E-state index in [4.69, 9.17) is 4.74 Å². The van der Waals surface area contributed by atoms with Crippen molar-refractivity contribution < 1.29 is 23.5 Å². The van der Waals surface area contributed by atoms with E-state index in [9.17, 15) is 14.4 Å². The fourth-order valence-corrected chi connectivity index (χ4v) is 4.56. The van der Waals surface area contributed by atoms with Gasteiger partial charge >= 0.3 is 12.0 Å². The van der Waals surface area contributed by atoms with Gasteiger partial charge in [-0.05, 0) is 31.2 Å². The minimum atomic E-state index is -0.653. The number of hydrogen-bond acceptors (Lipinski definition) is 6. The number of amides is 1. The van der Waals surface area contributed by atoms with E-state index in [0.29, 0.717) is 22.4 Å². The summed E-state index contributed by atoms with van der Waals surface area (Å²) in [6.45, 7) is 2.05. The Labute approximate surface area is 217 Å². The van der Waals surface area contributed by atoms with Crippen LogP contribution in [0.25, 0.3) is 21.9 Å². The molecule has 0 fully saturated rings. The topological polar surface area (TPSA) is 99.3 Å². The van der Waals surface area contributed by atoms with E-state index in [1.807, 2.05) is 17.6 Å². The minimum Gasteiger partial charge on any atom is -0.465 e. The average Bonchev–Trinajstić information content (AvgIpc) is 3.45. The molecule has 1 amide bonds. The summed E-state index contributed by atoms with van der Waals surface area (Å²) in [4.78, 5) is 48.9. The van der Waals surface area contributed by atoms with E-state index < -0.39 is 23.6 Å². The standard InChI is InChI=1S/C28H24FN5O4/c1-16-31-22-13-30-11-10-23(22)33(16)14-18-9-8-17(12-21(18)29)26(35)20-15-34(28(37)32(2)3)24-7-5-6-19(25(20)24)27(36)38-4/h5-13,15H,14H2,1-4H3. The number of nitrogens with zero attached hydrogens (tertiary/aromatic N) is 5. The molecule has 9 nitrogen and oxygen atoms in total. The largest absolute Gasteiger partial charge is 0.465 e. The molecule has 0 unspecified atom stereocenters. The molecule has 0 spiro atoms. The normalized spacial score (nSPS) is 11.2. The molecule has 0 atom stereocenters. The Balaban J connectivity index is 1.58. The molecule has 0 saturated carbocycles. The second-order valence-corrected chi connectivity index (χ2v) is 9.03. The van der Waals surface area contributed by atoms with Gasteiger partial charge in [0.25, 0.3) is 0 Å². The number of halogens is 1. The van der Waals surface area contributed by atoms with Crippen molar-refractivity contribution in [2.45, 2.75) is 13.5 Å². The number of rotatable bonds is 5. The fraction of sp³-hybridized carbons (Fsp3) is 0.179. The number of pyridine rings is 1. The molecular formula is C28H24FN5O4. The van der Waals surface area contributed by atoms with Crippen LogP contribution in [-0.4, -0.2) is 63.0 Å². The van der Waals surface area contributed by atoms with Gasteiger partial charge in [-0.2, -0.15) is 0 Å². The molecule has 0 radical (unpaired) electrons. The molecule has 0 saturated heterocycles. The van der Waals surface area contributed by atoms with E-state index in [1.165, 1.54) is 41.0 Å².